The molecule has 1 aliphatic heterocycles. The number of benzene rings is 1. The topological polar surface area (TPSA) is 29.0 Å². The number of hydrogen-bond donors (Lipinski definition) is 0. The summed E-state index contributed by atoms with van der Waals surface area (Å²) in [5, 5.41) is 8.72. The molecule has 0 atom stereocenters. The van der Waals surface area contributed by atoms with E-state index < -0.39 is 0 Å². The van der Waals surface area contributed by atoms with Gasteiger partial charge >= 0.3 is 0 Å². The van der Waals surface area contributed by atoms with Crippen LogP contribution in [0.4, 0.5) is 0 Å². The molecule has 1 aromatic heterocycles. The fourth-order valence-corrected chi connectivity index (χ4v) is 2.83. The van der Waals surface area contributed by atoms with Crippen molar-refractivity contribution < 1.29 is 0 Å². The molecule has 1 fully saturated rings. The number of rotatable bonds is 3. The number of nitrogens with zero attached hydrogens (tertiary/aromatic N) is 3. The zero-order valence-electron chi connectivity index (χ0n) is 11.4. The van der Waals surface area contributed by atoms with Gasteiger partial charge in [0.1, 0.15) is 0 Å². The SMILES string of the molecule is Brc1ccc(-c2ccc(CN3CCCCC3)nn2)cc1. The van der Waals surface area contributed by atoms with Crippen molar-refractivity contribution in [3.63, 3.8) is 0 Å². The summed E-state index contributed by atoms with van der Waals surface area (Å²) in [6.45, 7) is 3.31. The van der Waals surface area contributed by atoms with Crippen molar-refractivity contribution in [1.82, 2.24) is 15.1 Å². The third-order valence-corrected chi connectivity index (χ3v) is 4.22. The Bertz CT molecular complexity index is 545. The lowest BCUT2D eigenvalue weighted by Crippen LogP contribution is -2.29. The third kappa shape index (κ3) is 3.44. The first kappa shape index (κ1) is 13.7. The van der Waals surface area contributed by atoms with Gasteiger partial charge in [0, 0.05) is 16.6 Å². The van der Waals surface area contributed by atoms with E-state index in [1.807, 2.05) is 12.1 Å². The summed E-state index contributed by atoms with van der Waals surface area (Å²) in [4.78, 5) is 2.47. The van der Waals surface area contributed by atoms with Crippen molar-refractivity contribution >= 4 is 15.9 Å². The number of hydrogen-bond acceptors (Lipinski definition) is 3. The van der Waals surface area contributed by atoms with Gasteiger partial charge in [-0.2, -0.15) is 10.2 Å². The molecular formula is C16H18BrN3. The molecule has 1 saturated heterocycles. The van der Waals surface area contributed by atoms with Gasteiger partial charge in [-0.05, 0) is 50.2 Å². The quantitative estimate of drug-likeness (QED) is 0.854. The molecule has 1 aromatic carbocycles. The Morgan fingerprint density at radius 1 is 0.900 bits per heavy atom. The van der Waals surface area contributed by atoms with Gasteiger partial charge in [-0.3, -0.25) is 4.90 Å². The standard InChI is InChI=1S/C16H18BrN3/c17-14-6-4-13(5-7-14)16-9-8-15(18-19-16)12-20-10-2-1-3-11-20/h4-9H,1-3,10-12H2. The van der Waals surface area contributed by atoms with Crippen LogP contribution in [0.1, 0.15) is 25.0 Å². The van der Waals surface area contributed by atoms with Crippen molar-refractivity contribution in [3.8, 4) is 11.3 Å². The maximum Gasteiger partial charge on any atom is 0.0929 e. The summed E-state index contributed by atoms with van der Waals surface area (Å²) in [7, 11) is 0. The maximum atomic E-state index is 4.37. The zero-order valence-corrected chi connectivity index (χ0v) is 13.0. The molecule has 4 heteroatoms. The zero-order chi connectivity index (χ0) is 13.8. The normalized spacial score (nSPS) is 16.2. The van der Waals surface area contributed by atoms with Crippen molar-refractivity contribution in [2.75, 3.05) is 13.1 Å². The predicted octanol–water partition coefficient (Wildman–Crippen LogP) is 3.89. The summed E-state index contributed by atoms with van der Waals surface area (Å²) >= 11 is 3.44. The second-order valence-corrected chi connectivity index (χ2v) is 6.17. The van der Waals surface area contributed by atoms with Crippen LogP contribution in [0.5, 0.6) is 0 Å². The summed E-state index contributed by atoms with van der Waals surface area (Å²) in [6, 6.07) is 12.3. The molecule has 0 aliphatic carbocycles. The molecule has 0 amide bonds. The average molecular weight is 332 g/mol. The van der Waals surface area contributed by atoms with E-state index in [1.165, 1.54) is 32.4 Å². The van der Waals surface area contributed by atoms with Crippen molar-refractivity contribution in [2.45, 2.75) is 25.8 Å². The van der Waals surface area contributed by atoms with Crippen LogP contribution in [0.25, 0.3) is 11.3 Å². The van der Waals surface area contributed by atoms with Gasteiger partial charge in [-0.15, -0.1) is 0 Å². The predicted molar refractivity (Wildman–Crippen MR) is 84.3 cm³/mol. The van der Waals surface area contributed by atoms with E-state index in [2.05, 4.69) is 55.3 Å². The molecule has 104 valence electrons. The van der Waals surface area contributed by atoms with Gasteiger partial charge in [0.05, 0.1) is 11.4 Å². The molecule has 0 unspecified atom stereocenters. The molecule has 3 nitrogen and oxygen atoms in total. The summed E-state index contributed by atoms with van der Waals surface area (Å²) in [5.74, 6) is 0. The van der Waals surface area contributed by atoms with E-state index >= 15 is 0 Å². The lowest BCUT2D eigenvalue weighted by atomic mass is 10.1. The molecular weight excluding hydrogens is 314 g/mol. The van der Waals surface area contributed by atoms with Crippen LogP contribution in [0, 0.1) is 0 Å². The Labute approximate surface area is 128 Å². The van der Waals surface area contributed by atoms with E-state index in [0.717, 1.165) is 28.0 Å². The molecule has 2 heterocycles. The van der Waals surface area contributed by atoms with Crippen molar-refractivity contribution in [3.05, 3.63) is 46.6 Å². The van der Waals surface area contributed by atoms with Crippen LogP contribution in [-0.2, 0) is 6.54 Å². The van der Waals surface area contributed by atoms with E-state index in [0.29, 0.717) is 0 Å². The first-order valence-electron chi connectivity index (χ1n) is 7.12. The van der Waals surface area contributed by atoms with E-state index in [1.54, 1.807) is 0 Å². The minimum Gasteiger partial charge on any atom is -0.297 e. The van der Waals surface area contributed by atoms with Gasteiger partial charge in [-0.1, -0.05) is 34.5 Å². The second-order valence-electron chi connectivity index (χ2n) is 5.25. The highest BCUT2D eigenvalue weighted by atomic mass is 79.9. The molecule has 0 spiro atoms. The Morgan fingerprint density at radius 2 is 1.65 bits per heavy atom. The van der Waals surface area contributed by atoms with E-state index in [-0.39, 0.29) is 0 Å². The summed E-state index contributed by atoms with van der Waals surface area (Å²) < 4.78 is 1.08. The van der Waals surface area contributed by atoms with E-state index in [9.17, 15) is 0 Å². The molecule has 0 bridgehead atoms. The molecule has 0 saturated carbocycles. The number of aromatic nitrogens is 2. The molecule has 0 N–H and O–H groups in total. The first-order valence-corrected chi connectivity index (χ1v) is 7.91. The number of halogens is 1. The minimum atomic E-state index is 0.924. The Morgan fingerprint density at radius 3 is 2.30 bits per heavy atom. The van der Waals surface area contributed by atoms with Crippen LogP contribution < -0.4 is 0 Å². The first-order chi connectivity index (χ1) is 9.81. The van der Waals surface area contributed by atoms with Gasteiger partial charge < -0.3 is 0 Å². The number of piperidine rings is 1. The van der Waals surface area contributed by atoms with Crippen LogP contribution in [0.3, 0.4) is 0 Å². The van der Waals surface area contributed by atoms with Gasteiger partial charge in [-0.25, -0.2) is 0 Å². The van der Waals surface area contributed by atoms with Crippen LogP contribution in [-0.4, -0.2) is 28.2 Å². The molecule has 0 radical (unpaired) electrons. The largest absolute Gasteiger partial charge is 0.297 e. The second kappa shape index (κ2) is 6.46. The Kier molecular flexibility index (Phi) is 4.43. The molecule has 3 rings (SSSR count). The highest BCUT2D eigenvalue weighted by Crippen LogP contribution is 2.19. The number of likely N-dealkylation sites (tertiary alicyclic amines) is 1. The van der Waals surface area contributed by atoms with Gasteiger partial charge in [0.15, 0.2) is 0 Å². The maximum absolute atomic E-state index is 4.37. The van der Waals surface area contributed by atoms with Crippen LogP contribution in [0.15, 0.2) is 40.9 Å². The summed E-state index contributed by atoms with van der Waals surface area (Å²) in [6.07, 6.45) is 3.99. The van der Waals surface area contributed by atoms with Crippen molar-refractivity contribution in [2.24, 2.45) is 0 Å². The lowest BCUT2D eigenvalue weighted by molar-refractivity contribution is 0.218. The molecule has 20 heavy (non-hydrogen) atoms. The Hall–Kier alpha value is -1.26. The fraction of sp³-hybridized carbons (Fsp3) is 0.375. The third-order valence-electron chi connectivity index (χ3n) is 3.69. The van der Waals surface area contributed by atoms with Gasteiger partial charge in [0.25, 0.3) is 0 Å². The van der Waals surface area contributed by atoms with Crippen LogP contribution in [0.2, 0.25) is 0 Å². The lowest BCUT2D eigenvalue weighted by Gasteiger charge is -2.25. The summed E-state index contributed by atoms with van der Waals surface area (Å²) in [5.41, 5.74) is 3.10. The highest BCUT2D eigenvalue weighted by Gasteiger charge is 2.11. The average Bonchev–Trinajstić information content (AvgIpc) is 2.50. The van der Waals surface area contributed by atoms with E-state index in [4.69, 9.17) is 0 Å². The smallest absolute Gasteiger partial charge is 0.0929 e. The highest BCUT2D eigenvalue weighted by molar-refractivity contribution is 9.10. The van der Waals surface area contributed by atoms with Gasteiger partial charge in [0.2, 0.25) is 0 Å². The van der Waals surface area contributed by atoms with Crippen LogP contribution >= 0.6 is 15.9 Å². The Balaban J connectivity index is 1.69. The molecule has 1 aliphatic rings. The fourth-order valence-electron chi connectivity index (χ4n) is 2.57. The minimum absolute atomic E-state index is 0.924. The molecule has 2 aromatic rings. The van der Waals surface area contributed by atoms with Crippen molar-refractivity contribution in [1.29, 1.82) is 0 Å². The monoisotopic (exact) mass is 331 g/mol.